The summed E-state index contributed by atoms with van der Waals surface area (Å²) in [4.78, 5) is 4.40. The van der Waals surface area contributed by atoms with E-state index in [9.17, 15) is 0 Å². The molecular formula is C10H11Br2NOS. The molecule has 0 radical (unpaired) electrons. The van der Waals surface area contributed by atoms with E-state index >= 15 is 0 Å². The smallest absolute Gasteiger partial charge is 0.111 e. The Labute approximate surface area is 110 Å². The summed E-state index contributed by atoms with van der Waals surface area (Å²) in [5, 5.41) is 1.72. The first-order chi connectivity index (χ1) is 7.25. The first kappa shape index (κ1) is 11.9. The van der Waals surface area contributed by atoms with Crippen molar-refractivity contribution in [2.45, 2.75) is 23.1 Å². The average Bonchev–Trinajstić information content (AvgIpc) is 2.24. The fourth-order valence-corrected chi connectivity index (χ4v) is 3.74. The lowest BCUT2D eigenvalue weighted by Gasteiger charge is -2.21. The van der Waals surface area contributed by atoms with Gasteiger partial charge in [0.05, 0.1) is 4.47 Å². The predicted octanol–water partition coefficient (Wildman–Crippen LogP) is 3.88. The SMILES string of the molecule is Brc1cnc(SC2CCOCC2)c(Br)c1. The maximum atomic E-state index is 5.33. The first-order valence-electron chi connectivity index (χ1n) is 4.81. The molecule has 1 aromatic heterocycles. The van der Waals surface area contributed by atoms with Gasteiger partial charge in [-0.25, -0.2) is 4.98 Å². The molecule has 2 heterocycles. The van der Waals surface area contributed by atoms with Crippen molar-refractivity contribution in [1.29, 1.82) is 0 Å². The Morgan fingerprint density at radius 3 is 2.73 bits per heavy atom. The lowest BCUT2D eigenvalue weighted by Crippen LogP contribution is -2.17. The molecule has 0 bridgehead atoms. The minimum atomic E-state index is 0.642. The third-order valence-corrected chi connectivity index (χ3v) is 4.87. The molecule has 1 fully saturated rings. The van der Waals surface area contributed by atoms with Gasteiger partial charge in [0, 0.05) is 29.1 Å². The number of hydrogen-bond acceptors (Lipinski definition) is 3. The van der Waals surface area contributed by atoms with E-state index in [1.807, 2.05) is 24.0 Å². The summed E-state index contributed by atoms with van der Waals surface area (Å²) in [6.07, 6.45) is 4.08. The van der Waals surface area contributed by atoms with E-state index in [1.165, 1.54) is 0 Å². The largest absolute Gasteiger partial charge is 0.381 e. The van der Waals surface area contributed by atoms with E-state index in [4.69, 9.17) is 4.74 Å². The number of thioether (sulfide) groups is 1. The van der Waals surface area contributed by atoms with Crippen LogP contribution in [0.2, 0.25) is 0 Å². The molecule has 15 heavy (non-hydrogen) atoms. The Morgan fingerprint density at radius 1 is 1.33 bits per heavy atom. The normalized spacial score (nSPS) is 18.0. The number of aromatic nitrogens is 1. The van der Waals surface area contributed by atoms with Crippen molar-refractivity contribution in [3.63, 3.8) is 0 Å². The van der Waals surface area contributed by atoms with Crippen LogP contribution in [0, 0.1) is 0 Å². The second-order valence-corrected chi connectivity index (χ2v) is 6.43. The summed E-state index contributed by atoms with van der Waals surface area (Å²) < 4.78 is 7.40. The van der Waals surface area contributed by atoms with Gasteiger partial charge in [-0.3, -0.25) is 0 Å². The highest BCUT2D eigenvalue weighted by Crippen LogP contribution is 2.33. The predicted molar refractivity (Wildman–Crippen MR) is 69.3 cm³/mol. The van der Waals surface area contributed by atoms with Crippen molar-refractivity contribution in [2.75, 3.05) is 13.2 Å². The van der Waals surface area contributed by atoms with Gasteiger partial charge < -0.3 is 4.74 Å². The molecule has 0 spiro atoms. The molecule has 0 atom stereocenters. The van der Waals surface area contributed by atoms with Crippen molar-refractivity contribution in [3.05, 3.63) is 21.2 Å². The zero-order valence-electron chi connectivity index (χ0n) is 8.08. The minimum absolute atomic E-state index is 0.642. The van der Waals surface area contributed by atoms with Crippen LogP contribution in [0.4, 0.5) is 0 Å². The summed E-state index contributed by atoms with van der Waals surface area (Å²) in [5.74, 6) is 0. The number of rotatable bonds is 2. The maximum absolute atomic E-state index is 5.33. The van der Waals surface area contributed by atoms with Gasteiger partial charge in [-0.15, -0.1) is 11.8 Å². The van der Waals surface area contributed by atoms with Crippen LogP contribution in [0.1, 0.15) is 12.8 Å². The number of nitrogens with zero attached hydrogens (tertiary/aromatic N) is 1. The van der Waals surface area contributed by atoms with Crippen molar-refractivity contribution in [3.8, 4) is 0 Å². The summed E-state index contributed by atoms with van der Waals surface area (Å²) in [6.45, 7) is 1.76. The van der Waals surface area contributed by atoms with Gasteiger partial charge in [-0.05, 0) is 50.8 Å². The van der Waals surface area contributed by atoms with Crippen LogP contribution in [-0.4, -0.2) is 23.4 Å². The first-order valence-corrected chi connectivity index (χ1v) is 7.28. The Kier molecular flexibility index (Phi) is 4.49. The molecule has 1 aliphatic heterocycles. The number of ether oxygens (including phenoxy) is 1. The molecule has 0 aliphatic carbocycles. The Balaban J connectivity index is 2.03. The van der Waals surface area contributed by atoms with Gasteiger partial charge in [0.2, 0.25) is 0 Å². The van der Waals surface area contributed by atoms with Crippen molar-refractivity contribution < 1.29 is 4.74 Å². The van der Waals surface area contributed by atoms with E-state index in [1.54, 1.807) is 0 Å². The topological polar surface area (TPSA) is 22.1 Å². The Hall–Kier alpha value is 0.420. The van der Waals surface area contributed by atoms with Crippen LogP contribution in [0.25, 0.3) is 0 Å². The van der Waals surface area contributed by atoms with E-state index in [0.29, 0.717) is 5.25 Å². The molecule has 2 nitrogen and oxygen atoms in total. The second kappa shape index (κ2) is 5.66. The lowest BCUT2D eigenvalue weighted by molar-refractivity contribution is 0.1000. The minimum Gasteiger partial charge on any atom is -0.381 e. The van der Waals surface area contributed by atoms with Gasteiger partial charge in [-0.1, -0.05) is 0 Å². The second-order valence-electron chi connectivity index (χ2n) is 3.37. The van der Waals surface area contributed by atoms with Gasteiger partial charge >= 0.3 is 0 Å². The molecule has 1 saturated heterocycles. The molecule has 0 saturated carbocycles. The van der Waals surface area contributed by atoms with E-state index in [0.717, 1.165) is 40.0 Å². The van der Waals surface area contributed by atoms with Crippen LogP contribution >= 0.6 is 43.6 Å². The standard InChI is InChI=1S/C10H11Br2NOS/c11-7-5-9(12)10(13-6-7)15-8-1-3-14-4-2-8/h5-6,8H,1-4H2. The highest BCUT2D eigenvalue weighted by atomic mass is 79.9. The van der Waals surface area contributed by atoms with Crippen molar-refractivity contribution in [2.24, 2.45) is 0 Å². The fourth-order valence-electron chi connectivity index (χ4n) is 1.44. The monoisotopic (exact) mass is 351 g/mol. The molecule has 2 rings (SSSR count). The molecule has 0 amide bonds. The lowest BCUT2D eigenvalue weighted by atomic mass is 10.2. The number of pyridine rings is 1. The number of halogens is 2. The third kappa shape index (κ3) is 3.44. The highest BCUT2D eigenvalue weighted by Gasteiger charge is 2.16. The zero-order valence-corrected chi connectivity index (χ0v) is 12.1. The van der Waals surface area contributed by atoms with E-state index in [2.05, 4.69) is 36.8 Å². The maximum Gasteiger partial charge on any atom is 0.111 e. The molecule has 1 aliphatic rings. The summed E-state index contributed by atoms with van der Waals surface area (Å²) in [6, 6.07) is 2.04. The van der Waals surface area contributed by atoms with E-state index in [-0.39, 0.29) is 0 Å². The fraction of sp³-hybridized carbons (Fsp3) is 0.500. The van der Waals surface area contributed by atoms with Crippen molar-refractivity contribution >= 4 is 43.6 Å². The summed E-state index contributed by atoms with van der Waals surface area (Å²) in [5.41, 5.74) is 0. The number of hydrogen-bond donors (Lipinski definition) is 0. The molecule has 5 heteroatoms. The van der Waals surface area contributed by atoms with Crippen LogP contribution in [0.5, 0.6) is 0 Å². The molecule has 1 aromatic rings. The molecule has 0 aromatic carbocycles. The van der Waals surface area contributed by atoms with Gasteiger partial charge in [0.15, 0.2) is 0 Å². The van der Waals surface area contributed by atoms with Gasteiger partial charge in [-0.2, -0.15) is 0 Å². The Morgan fingerprint density at radius 2 is 2.07 bits per heavy atom. The van der Waals surface area contributed by atoms with Gasteiger partial charge in [0.1, 0.15) is 5.03 Å². The molecule has 0 N–H and O–H groups in total. The van der Waals surface area contributed by atoms with Gasteiger partial charge in [0.25, 0.3) is 0 Å². The highest BCUT2D eigenvalue weighted by molar-refractivity contribution is 9.11. The van der Waals surface area contributed by atoms with Crippen LogP contribution in [0.15, 0.2) is 26.2 Å². The third-order valence-electron chi connectivity index (χ3n) is 2.22. The Bertz CT molecular complexity index is 342. The average molecular weight is 353 g/mol. The zero-order chi connectivity index (χ0) is 10.7. The van der Waals surface area contributed by atoms with Crippen LogP contribution < -0.4 is 0 Å². The molecule has 0 unspecified atom stereocenters. The van der Waals surface area contributed by atoms with Crippen LogP contribution in [0.3, 0.4) is 0 Å². The summed E-state index contributed by atoms with van der Waals surface area (Å²) >= 11 is 8.77. The van der Waals surface area contributed by atoms with Crippen molar-refractivity contribution in [1.82, 2.24) is 4.98 Å². The van der Waals surface area contributed by atoms with E-state index < -0.39 is 0 Å². The quantitative estimate of drug-likeness (QED) is 0.806. The molecule has 82 valence electrons. The summed E-state index contributed by atoms with van der Waals surface area (Å²) in [7, 11) is 0. The molecular weight excluding hydrogens is 342 g/mol. The van der Waals surface area contributed by atoms with Crippen LogP contribution in [-0.2, 0) is 4.74 Å².